The lowest BCUT2D eigenvalue weighted by Crippen LogP contribution is -2.34. The molecule has 4 nitrogen and oxygen atoms in total. The first-order chi connectivity index (χ1) is 14.7. The van der Waals surface area contributed by atoms with Crippen molar-refractivity contribution in [3.8, 4) is 21.1 Å². The van der Waals surface area contributed by atoms with Gasteiger partial charge in [-0.3, -0.25) is 4.90 Å². The third kappa shape index (κ3) is 4.03. The largest absolute Gasteiger partial charge is 0.396 e. The Balaban J connectivity index is 1.29. The number of aromatic nitrogens is 2. The number of imidazole rings is 1. The van der Waals surface area contributed by atoms with Crippen molar-refractivity contribution in [2.45, 2.75) is 19.4 Å². The van der Waals surface area contributed by atoms with Gasteiger partial charge in [0.1, 0.15) is 11.6 Å². The normalized spacial score (nSPS) is 15.8. The van der Waals surface area contributed by atoms with Crippen molar-refractivity contribution in [3.63, 3.8) is 0 Å². The van der Waals surface area contributed by atoms with Crippen molar-refractivity contribution >= 4 is 22.4 Å². The molecule has 0 amide bonds. The van der Waals surface area contributed by atoms with Gasteiger partial charge in [0.2, 0.25) is 0 Å². The zero-order valence-electron chi connectivity index (χ0n) is 16.6. The van der Waals surface area contributed by atoms with Crippen LogP contribution < -0.4 is 0 Å². The van der Waals surface area contributed by atoms with Crippen LogP contribution in [0.15, 0.2) is 54.6 Å². The van der Waals surface area contributed by atoms with Crippen molar-refractivity contribution < 1.29 is 9.50 Å². The quantitative estimate of drug-likeness (QED) is 0.460. The lowest BCUT2D eigenvalue weighted by molar-refractivity contribution is 0.127. The number of aliphatic hydroxyl groups excluding tert-OH is 1. The number of nitrogens with zero attached hydrogens (tertiary/aromatic N) is 2. The maximum Gasteiger partial charge on any atom is 0.148 e. The average Bonchev–Trinajstić information content (AvgIpc) is 3.42. The minimum absolute atomic E-state index is 0.262. The van der Waals surface area contributed by atoms with Gasteiger partial charge in [0, 0.05) is 18.0 Å². The zero-order chi connectivity index (χ0) is 20.5. The first kappa shape index (κ1) is 19.4. The molecule has 0 aliphatic carbocycles. The van der Waals surface area contributed by atoms with Gasteiger partial charge in [-0.05, 0) is 73.3 Å². The molecular formula is C24H24FN3OS. The first-order valence-corrected chi connectivity index (χ1v) is 11.2. The third-order valence-electron chi connectivity index (χ3n) is 5.89. The maximum absolute atomic E-state index is 13.4. The van der Waals surface area contributed by atoms with Gasteiger partial charge < -0.3 is 10.1 Å². The van der Waals surface area contributed by atoms with E-state index in [0.29, 0.717) is 18.0 Å². The minimum Gasteiger partial charge on any atom is -0.396 e. The molecule has 3 heterocycles. The number of aliphatic hydroxyl groups is 1. The summed E-state index contributed by atoms with van der Waals surface area (Å²) in [6, 6.07) is 17.6. The fourth-order valence-corrected chi connectivity index (χ4v) is 5.03. The summed E-state index contributed by atoms with van der Waals surface area (Å²) >= 11 is 1.68. The Morgan fingerprint density at radius 3 is 2.57 bits per heavy atom. The van der Waals surface area contributed by atoms with Gasteiger partial charge in [-0.1, -0.05) is 24.3 Å². The molecular weight excluding hydrogens is 397 g/mol. The molecule has 154 valence electrons. The number of fused-ring (bicyclic) bond motifs is 1. The maximum atomic E-state index is 13.4. The molecule has 1 aliphatic rings. The van der Waals surface area contributed by atoms with Crippen LogP contribution in [-0.2, 0) is 6.54 Å². The van der Waals surface area contributed by atoms with Crippen molar-refractivity contribution in [1.29, 1.82) is 0 Å². The van der Waals surface area contributed by atoms with Crippen LogP contribution in [0.4, 0.5) is 4.39 Å². The van der Waals surface area contributed by atoms with Crippen molar-refractivity contribution in [1.82, 2.24) is 14.9 Å². The number of aromatic amines is 1. The van der Waals surface area contributed by atoms with Crippen LogP contribution in [-0.4, -0.2) is 39.7 Å². The highest BCUT2D eigenvalue weighted by Crippen LogP contribution is 2.34. The molecule has 1 saturated heterocycles. The standard InChI is InChI=1S/C24H24FN3OS/c25-19-5-6-20-21(13-19)27-24(26-20)23-8-7-22(30-23)18-3-1-16(2-4-18)14-28-11-9-17(15-29)10-12-28/h1-8,13,17,29H,9-12,14-15H2,(H,26,27). The second-order valence-corrected chi connectivity index (χ2v) is 9.09. The molecule has 2 aromatic heterocycles. The Morgan fingerprint density at radius 1 is 1.03 bits per heavy atom. The van der Waals surface area contributed by atoms with Crippen LogP contribution in [0, 0.1) is 11.7 Å². The van der Waals surface area contributed by atoms with Crippen molar-refractivity contribution in [2.75, 3.05) is 19.7 Å². The van der Waals surface area contributed by atoms with Crippen LogP contribution in [0.25, 0.3) is 32.2 Å². The van der Waals surface area contributed by atoms with Gasteiger partial charge >= 0.3 is 0 Å². The van der Waals surface area contributed by atoms with Gasteiger partial charge in [-0.15, -0.1) is 11.3 Å². The molecule has 5 rings (SSSR count). The number of hydrogen-bond acceptors (Lipinski definition) is 4. The van der Waals surface area contributed by atoms with Crippen LogP contribution in [0.1, 0.15) is 18.4 Å². The molecule has 2 N–H and O–H groups in total. The predicted octanol–water partition coefficient (Wildman–Crippen LogP) is 5.30. The summed E-state index contributed by atoms with van der Waals surface area (Å²) < 4.78 is 13.4. The second-order valence-electron chi connectivity index (χ2n) is 8.01. The highest BCUT2D eigenvalue weighted by Gasteiger charge is 2.18. The molecule has 0 unspecified atom stereocenters. The predicted molar refractivity (Wildman–Crippen MR) is 120 cm³/mol. The number of rotatable bonds is 5. The Labute approximate surface area is 179 Å². The summed E-state index contributed by atoms with van der Waals surface area (Å²) in [5.41, 5.74) is 3.99. The van der Waals surface area contributed by atoms with E-state index in [2.05, 4.69) is 51.3 Å². The summed E-state index contributed by atoms with van der Waals surface area (Å²) in [5, 5.41) is 9.29. The Morgan fingerprint density at radius 2 is 1.80 bits per heavy atom. The molecule has 0 bridgehead atoms. The Kier molecular flexibility index (Phi) is 5.37. The number of H-pyrrole nitrogens is 1. The van der Waals surface area contributed by atoms with E-state index in [1.54, 1.807) is 17.4 Å². The molecule has 0 radical (unpaired) electrons. The van der Waals surface area contributed by atoms with Gasteiger partial charge in [-0.2, -0.15) is 0 Å². The van der Waals surface area contributed by atoms with Crippen LogP contribution in [0.5, 0.6) is 0 Å². The van der Waals surface area contributed by atoms with E-state index in [-0.39, 0.29) is 5.82 Å². The lowest BCUT2D eigenvalue weighted by atomic mass is 9.97. The number of benzene rings is 2. The van der Waals surface area contributed by atoms with E-state index in [1.807, 2.05) is 0 Å². The highest BCUT2D eigenvalue weighted by atomic mass is 32.1. The zero-order valence-corrected chi connectivity index (χ0v) is 17.5. The van der Waals surface area contributed by atoms with Gasteiger partial charge in [-0.25, -0.2) is 9.37 Å². The van der Waals surface area contributed by atoms with Crippen molar-refractivity contribution in [3.05, 3.63) is 66.0 Å². The van der Waals surface area contributed by atoms with E-state index < -0.39 is 0 Å². The van der Waals surface area contributed by atoms with E-state index >= 15 is 0 Å². The molecule has 0 saturated carbocycles. The van der Waals surface area contributed by atoms with Crippen LogP contribution in [0.3, 0.4) is 0 Å². The highest BCUT2D eigenvalue weighted by molar-refractivity contribution is 7.18. The summed E-state index contributed by atoms with van der Waals surface area (Å²) in [6.45, 7) is 3.39. The second kappa shape index (κ2) is 8.30. The summed E-state index contributed by atoms with van der Waals surface area (Å²) in [4.78, 5) is 12.5. The first-order valence-electron chi connectivity index (χ1n) is 10.4. The van der Waals surface area contributed by atoms with Gasteiger partial charge in [0.05, 0.1) is 15.9 Å². The Hall–Kier alpha value is -2.54. The number of likely N-dealkylation sites (tertiary alicyclic amines) is 1. The molecule has 1 fully saturated rings. The molecule has 2 aromatic carbocycles. The number of nitrogens with one attached hydrogen (secondary N) is 1. The SMILES string of the molecule is OCC1CCN(Cc2ccc(-c3ccc(-c4nc5ccc(F)cc5[nH]4)s3)cc2)CC1. The van der Waals surface area contributed by atoms with E-state index in [9.17, 15) is 9.50 Å². The number of hydrogen-bond donors (Lipinski definition) is 2. The topological polar surface area (TPSA) is 52.1 Å². The fraction of sp³-hybridized carbons (Fsp3) is 0.292. The van der Waals surface area contributed by atoms with Gasteiger partial charge in [0.25, 0.3) is 0 Å². The van der Waals surface area contributed by atoms with E-state index in [0.717, 1.165) is 48.7 Å². The smallest absolute Gasteiger partial charge is 0.148 e. The number of halogens is 1. The average molecular weight is 422 g/mol. The number of piperidine rings is 1. The molecule has 1 aliphatic heterocycles. The molecule has 0 spiro atoms. The van der Waals surface area contributed by atoms with Gasteiger partial charge in [0.15, 0.2) is 0 Å². The molecule has 30 heavy (non-hydrogen) atoms. The lowest BCUT2D eigenvalue weighted by Gasteiger charge is -2.31. The summed E-state index contributed by atoms with van der Waals surface area (Å²) in [7, 11) is 0. The molecule has 0 atom stereocenters. The van der Waals surface area contributed by atoms with E-state index in [1.165, 1.54) is 28.1 Å². The number of thiophene rings is 1. The summed E-state index contributed by atoms with van der Waals surface area (Å²) in [5.74, 6) is 0.986. The van der Waals surface area contributed by atoms with Crippen LogP contribution in [0.2, 0.25) is 0 Å². The fourth-order valence-electron chi connectivity index (χ4n) is 4.08. The third-order valence-corrected chi connectivity index (χ3v) is 7.03. The summed E-state index contributed by atoms with van der Waals surface area (Å²) in [6.07, 6.45) is 2.17. The molecule has 6 heteroatoms. The Bertz CT molecular complexity index is 1140. The van der Waals surface area contributed by atoms with Crippen LogP contribution >= 0.6 is 11.3 Å². The van der Waals surface area contributed by atoms with E-state index in [4.69, 9.17) is 0 Å². The van der Waals surface area contributed by atoms with Crippen molar-refractivity contribution in [2.24, 2.45) is 5.92 Å². The monoisotopic (exact) mass is 421 g/mol. The minimum atomic E-state index is -0.262. The molecule has 4 aromatic rings.